The highest BCUT2D eigenvalue weighted by Gasteiger charge is 2.34. The normalized spacial score (nSPS) is 17.6. The Morgan fingerprint density at radius 3 is 3.04 bits per heavy atom. The Morgan fingerprint density at radius 2 is 2.29 bits per heavy atom. The molecule has 0 aliphatic carbocycles. The summed E-state index contributed by atoms with van der Waals surface area (Å²) < 4.78 is 5.25. The van der Waals surface area contributed by atoms with Gasteiger partial charge in [-0.3, -0.25) is 9.59 Å². The van der Waals surface area contributed by atoms with Gasteiger partial charge in [-0.15, -0.1) is 0 Å². The summed E-state index contributed by atoms with van der Waals surface area (Å²) in [5.74, 6) is 0.0346. The van der Waals surface area contributed by atoms with Crippen molar-refractivity contribution >= 4 is 18.0 Å². The van der Waals surface area contributed by atoms with Gasteiger partial charge in [-0.2, -0.15) is 5.10 Å². The number of hydrogen-bond donors (Lipinski definition) is 1. The number of rotatable bonds is 5. The second kappa shape index (κ2) is 7.12. The zero-order valence-electron chi connectivity index (χ0n) is 13.4. The number of benzene rings is 1. The van der Waals surface area contributed by atoms with Crippen LogP contribution < -0.4 is 5.43 Å². The number of hydrazone groups is 1. The average Bonchev–Trinajstić information content (AvgIpc) is 3.18. The van der Waals surface area contributed by atoms with Crippen molar-refractivity contribution in [3.05, 3.63) is 59.5 Å². The zero-order valence-corrected chi connectivity index (χ0v) is 13.4. The van der Waals surface area contributed by atoms with Crippen molar-refractivity contribution < 1.29 is 14.0 Å². The fourth-order valence-electron chi connectivity index (χ4n) is 2.70. The number of carbonyl (C=O) groups excluding carboxylic acids is 2. The molecule has 1 aromatic heterocycles. The largest absolute Gasteiger partial charge is 0.467 e. The van der Waals surface area contributed by atoms with Crippen LogP contribution in [0.3, 0.4) is 0 Å². The van der Waals surface area contributed by atoms with Gasteiger partial charge in [0.1, 0.15) is 5.76 Å². The van der Waals surface area contributed by atoms with Gasteiger partial charge in [0, 0.05) is 13.0 Å². The number of aryl methyl sites for hydroxylation is 1. The van der Waals surface area contributed by atoms with Crippen LogP contribution in [0.1, 0.15) is 23.3 Å². The SMILES string of the molecule is Cc1cccc(/C=N/NC(=O)C2CC(=O)N(Cc3ccco3)C2)c1. The van der Waals surface area contributed by atoms with E-state index in [9.17, 15) is 9.59 Å². The highest BCUT2D eigenvalue weighted by molar-refractivity contribution is 5.90. The summed E-state index contributed by atoms with van der Waals surface area (Å²) in [7, 11) is 0. The minimum atomic E-state index is -0.387. The van der Waals surface area contributed by atoms with E-state index in [0.717, 1.165) is 11.1 Å². The van der Waals surface area contributed by atoms with Crippen LogP contribution in [0.25, 0.3) is 0 Å². The maximum atomic E-state index is 12.2. The van der Waals surface area contributed by atoms with Crippen molar-refractivity contribution in [2.24, 2.45) is 11.0 Å². The van der Waals surface area contributed by atoms with Gasteiger partial charge in [-0.05, 0) is 24.6 Å². The number of furan rings is 1. The number of amides is 2. The molecule has 1 N–H and O–H groups in total. The number of hydrogen-bond acceptors (Lipinski definition) is 4. The van der Waals surface area contributed by atoms with E-state index in [1.165, 1.54) is 0 Å². The van der Waals surface area contributed by atoms with Crippen LogP contribution in [-0.2, 0) is 16.1 Å². The third-order valence-corrected chi connectivity index (χ3v) is 3.94. The number of carbonyl (C=O) groups is 2. The predicted molar refractivity (Wildman–Crippen MR) is 89.1 cm³/mol. The smallest absolute Gasteiger partial charge is 0.245 e. The third kappa shape index (κ3) is 3.90. The molecule has 1 saturated heterocycles. The second-order valence-corrected chi connectivity index (χ2v) is 5.90. The minimum absolute atomic E-state index is 0.0470. The van der Waals surface area contributed by atoms with E-state index in [4.69, 9.17) is 4.42 Å². The molecular formula is C18H19N3O3. The first kappa shape index (κ1) is 16.0. The Hall–Kier alpha value is -2.89. The van der Waals surface area contributed by atoms with Crippen molar-refractivity contribution in [3.8, 4) is 0 Å². The molecule has 1 aromatic carbocycles. The summed E-state index contributed by atoms with van der Waals surface area (Å²) in [5.41, 5.74) is 4.56. The fraction of sp³-hybridized carbons (Fsp3) is 0.278. The maximum Gasteiger partial charge on any atom is 0.245 e. The summed E-state index contributed by atoms with van der Waals surface area (Å²) in [6.45, 7) is 2.77. The molecule has 3 rings (SSSR count). The second-order valence-electron chi connectivity index (χ2n) is 5.90. The lowest BCUT2D eigenvalue weighted by Gasteiger charge is -2.14. The van der Waals surface area contributed by atoms with Crippen molar-refractivity contribution in [3.63, 3.8) is 0 Å². The van der Waals surface area contributed by atoms with Crippen LogP contribution in [0.5, 0.6) is 0 Å². The standard InChI is InChI=1S/C18H19N3O3/c1-13-4-2-5-14(8-13)10-19-20-18(23)15-9-17(22)21(11-15)12-16-6-3-7-24-16/h2-8,10,15H,9,11-12H2,1H3,(H,20,23)/b19-10+. The van der Waals surface area contributed by atoms with Gasteiger partial charge in [-0.1, -0.05) is 29.8 Å². The lowest BCUT2D eigenvalue weighted by molar-refractivity contribution is -0.129. The van der Waals surface area contributed by atoms with Crippen molar-refractivity contribution in [1.82, 2.24) is 10.3 Å². The van der Waals surface area contributed by atoms with Crippen LogP contribution in [-0.4, -0.2) is 29.5 Å². The number of likely N-dealkylation sites (tertiary alicyclic amines) is 1. The quantitative estimate of drug-likeness (QED) is 0.675. The molecule has 24 heavy (non-hydrogen) atoms. The van der Waals surface area contributed by atoms with E-state index in [0.29, 0.717) is 18.8 Å². The monoisotopic (exact) mass is 325 g/mol. The first-order valence-electron chi connectivity index (χ1n) is 7.81. The molecule has 2 heterocycles. The fourth-order valence-corrected chi connectivity index (χ4v) is 2.70. The van der Waals surface area contributed by atoms with Crippen molar-refractivity contribution in [2.75, 3.05) is 6.54 Å². The van der Waals surface area contributed by atoms with Gasteiger partial charge in [0.2, 0.25) is 11.8 Å². The Bertz CT molecular complexity index is 753. The van der Waals surface area contributed by atoms with Crippen LogP contribution in [0, 0.1) is 12.8 Å². The van der Waals surface area contributed by atoms with Crippen molar-refractivity contribution in [1.29, 1.82) is 0 Å². The molecule has 2 aromatic rings. The highest BCUT2D eigenvalue weighted by atomic mass is 16.3. The molecule has 1 aliphatic rings. The van der Waals surface area contributed by atoms with E-state index < -0.39 is 0 Å². The molecule has 0 bridgehead atoms. The minimum Gasteiger partial charge on any atom is -0.467 e. The highest BCUT2D eigenvalue weighted by Crippen LogP contribution is 2.20. The summed E-state index contributed by atoms with van der Waals surface area (Å²) in [5, 5.41) is 3.98. The van der Waals surface area contributed by atoms with E-state index in [-0.39, 0.29) is 24.2 Å². The molecule has 1 atom stereocenters. The van der Waals surface area contributed by atoms with Crippen LogP contribution >= 0.6 is 0 Å². The van der Waals surface area contributed by atoms with E-state index >= 15 is 0 Å². The lowest BCUT2D eigenvalue weighted by Crippen LogP contribution is -2.30. The third-order valence-electron chi connectivity index (χ3n) is 3.94. The first-order valence-corrected chi connectivity index (χ1v) is 7.81. The molecule has 6 nitrogen and oxygen atoms in total. The van der Waals surface area contributed by atoms with Gasteiger partial charge in [0.05, 0.1) is 24.9 Å². The Kier molecular flexibility index (Phi) is 4.74. The summed E-state index contributed by atoms with van der Waals surface area (Å²) in [6, 6.07) is 11.4. The molecule has 0 saturated carbocycles. The molecule has 2 amide bonds. The maximum absolute atomic E-state index is 12.2. The van der Waals surface area contributed by atoms with Crippen LogP contribution in [0.2, 0.25) is 0 Å². The summed E-state index contributed by atoms with van der Waals surface area (Å²) >= 11 is 0. The van der Waals surface area contributed by atoms with E-state index in [1.54, 1.807) is 23.4 Å². The molecule has 1 aliphatic heterocycles. The summed E-state index contributed by atoms with van der Waals surface area (Å²) in [4.78, 5) is 25.8. The zero-order chi connectivity index (χ0) is 16.9. The van der Waals surface area contributed by atoms with Gasteiger partial charge < -0.3 is 9.32 Å². The number of nitrogens with zero attached hydrogens (tertiary/aromatic N) is 2. The molecule has 1 unspecified atom stereocenters. The lowest BCUT2D eigenvalue weighted by atomic mass is 10.1. The molecule has 6 heteroatoms. The van der Waals surface area contributed by atoms with Gasteiger partial charge in [0.15, 0.2) is 0 Å². The molecular weight excluding hydrogens is 306 g/mol. The number of nitrogens with one attached hydrogen (secondary N) is 1. The molecule has 1 fully saturated rings. The molecule has 124 valence electrons. The van der Waals surface area contributed by atoms with Gasteiger partial charge in [0.25, 0.3) is 0 Å². The van der Waals surface area contributed by atoms with Gasteiger partial charge in [-0.25, -0.2) is 5.43 Å². The van der Waals surface area contributed by atoms with Gasteiger partial charge >= 0.3 is 0 Å². The Morgan fingerprint density at radius 1 is 1.42 bits per heavy atom. The van der Waals surface area contributed by atoms with E-state index in [2.05, 4.69) is 10.5 Å². The first-order chi connectivity index (χ1) is 11.6. The Balaban J connectivity index is 1.53. The molecule has 0 spiro atoms. The molecule has 0 radical (unpaired) electrons. The average molecular weight is 325 g/mol. The predicted octanol–water partition coefficient (Wildman–Crippen LogP) is 2.09. The topological polar surface area (TPSA) is 74.9 Å². The van der Waals surface area contributed by atoms with Crippen LogP contribution in [0.15, 0.2) is 52.2 Å². The Labute approximate surface area is 140 Å². The summed E-state index contributed by atoms with van der Waals surface area (Å²) in [6.07, 6.45) is 3.37. The van der Waals surface area contributed by atoms with E-state index in [1.807, 2.05) is 37.3 Å². The van der Waals surface area contributed by atoms with Crippen molar-refractivity contribution in [2.45, 2.75) is 19.9 Å². The van der Waals surface area contributed by atoms with Crippen LogP contribution in [0.4, 0.5) is 0 Å².